The van der Waals surface area contributed by atoms with Crippen LogP contribution >= 0.6 is 0 Å². The average Bonchev–Trinajstić information content (AvgIpc) is 2.39. The maximum atomic E-state index is 6.57. The van der Waals surface area contributed by atoms with Crippen molar-refractivity contribution in [1.82, 2.24) is 9.88 Å². The van der Waals surface area contributed by atoms with Gasteiger partial charge in [0.1, 0.15) is 0 Å². The molecule has 0 aromatic carbocycles. The lowest BCUT2D eigenvalue weighted by molar-refractivity contribution is 0.0712. The highest BCUT2D eigenvalue weighted by molar-refractivity contribution is 5.22. The SMILES string of the molecule is Cc1ccc(C(N)C2(N(C)C)CCCCC2)cn1. The second-order valence-corrected chi connectivity index (χ2v) is 5.77. The molecule has 2 rings (SSSR count). The molecule has 1 heterocycles. The first-order valence-corrected chi connectivity index (χ1v) is 6.92. The van der Waals surface area contributed by atoms with E-state index in [-0.39, 0.29) is 11.6 Å². The lowest BCUT2D eigenvalue weighted by Gasteiger charge is -2.47. The Morgan fingerprint density at radius 1 is 1.22 bits per heavy atom. The summed E-state index contributed by atoms with van der Waals surface area (Å²) in [7, 11) is 4.32. The van der Waals surface area contributed by atoms with Gasteiger partial charge in [-0.2, -0.15) is 0 Å². The molecule has 1 fully saturated rings. The molecule has 1 unspecified atom stereocenters. The van der Waals surface area contributed by atoms with Crippen LogP contribution in [0.5, 0.6) is 0 Å². The van der Waals surface area contributed by atoms with Gasteiger partial charge in [-0.1, -0.05) is 25.3 Å². The second kappa shape index (κ2) is 5.37. The molecule has 1 atom stereocenters. The highest BCUT2D eigenvalue weighted by atomic mass is 15.2. The molecule has 1 aromatic heterocycles. The minimum Gasteiger partial charge on any atom is -0.322 e. The van der Waals surface area contributed by atoms with Crippen LogP contribution in [-0.4, -0.2) is 29.5 Å². The lowest BCUT2D eigenvalue weighted by Crippen LogP contribution is -2.53. The Bertz CT molecular complexity index is 377. The Balaban J connectivity index is 2.27. The number of likely N-dealkylation sites (N-methyl/N-ethyl adjacent to an activating group) is 1. The maximum Gasteiger partial charge on any atom is 0.0497 e. The fourth-order valence-electron chi connectivity index (χ4n) is 3.17. The molecule has 1 aromatic rings. The van der Waals surface area contributed by atoms with E-state index in [1.54, 1.807) is 0 Å². The van der Waals surface area contributed by atoms with Crippen LogP contribution in [0.4, 0.5) is 0 Å². The van der Waals surface area contributed by atoms with Crippen LogP contribution < -0.4 is 5.73 Å². The van der Waals surface area contributed by atoms with E-state index in [1.165, 1.54) is 32.1 Å². The number of nitrogens with zero attached hydrogens (tertiary/aromatic N) is 2. The summed E-state index contributed by atoms with van der Waals surface area (Å²) >= 11 is 0. The van der Waals surface area contributed by atoms with Gasteiger partial charge in [-0.05, 0) is 45.5 Å². The highest BCUT2D eigenvalue weighted by Gasteiger charge is 2.40. The van der Waals surface area contributed by atoms with Crippen molar-refractivity contribution in [3.8, 4) is 0 Å². The van der Waals surface area contributed by atoms with Gasteiger partial charge in [0.2, 0.25) is 0 Å². The first kappa shape index (κ1) is 13.5. The van der Waals surface area contributed by atoms with Crippen molar-refractivity contribution in [2.24, 2.45) is 5.73 Å². The van der Waals surface area contributed by atoms with E-state index in [1.807, 2.05) is 13.1 Å². The summed E-state index contributed by atoms with van der Waals surface area (Å²) in [6.07, 6.45) is 8.23. The molecule has 0 amide bonds. The summed E-state index contributed by atoms with van der Waals surface area (Å²) in [5.74, 6) is 0. The van der Waals surface area contributed by atoms with Gasteiger partial charge in [-0.3, -0.25) is 4.98 Å². The lowest BCUT2D eigenvalue weighted by atomic mass is 9.73. The molecule has 0 spiro atoms. The van der Waals surface area contributed by atoms with Crippen molar-refractivity contribution in [1.29, 1.82) is 0 Å². The number of pyridine rings is 1. The number of rotatable bonds is 3. The molecule has 2 N–H and O–H groups in total. The average molecular weight is 247 g/mol. The minimum atomic E-state index is 0.0564. The van der Waals surface area contributed by atoms with Crippen molar-refractivity contribution < 1.29 is 0 Å². The third kappa shape index (κ3) is 2.43. The second-order valence-electron chi connectivity index (χ2n) is 5.77. The van der Waals surface area contributed by atoms with E-state index in [0.29, 0.717) is 0 Å². The molecule has 3 heteroatoms. The quantitative estimate of drug-likeness (QED) is 0.893. The van der Waals surface area contributed by atoms with Crippen LogP contribution in [0.1, 0.15) is 49.4 Å². The van der Waals surface area contributed by atoms with Crippen molar-refractivity contribution >= 4 is 0 Å². The Kier molecular flexibility index (Phi) is 4.03. The van der Waals surface area contributed by atoms with E-state index in [9.17, 15) is 0 Å². The van der Waals surface area contributed by atoms with Crippen LogP contribution in [0.3, 0.4) is 0 Å². The fourth-order valence-corrected chi connectivity index (χ4v) is 3.17. The molecule has 1 aliphatic rings. The predicted octanol–water partition coefficient (Wildman–Crippen LogP) is 2.65. The van der Waals surface area contributed by atoms with E-state index in [0.717, 1.165) is 11.3 Å². The topological polar surface area (TPSA) is 42.1 Å². The summed E-state index contributed by atoms with van der Waals surface area (Å²) in [5, 5.41) is 0. The van der Waals surface area contributed by atoms with Crippen molar-refractivity contribution in [2.45, 2.75) is 50.6 Å². The third-order valence-corrected chi connectivity index (χ3v) is 4.48. The zero-order chi connectivity index (χ0) is 13.2. The molecule has 1 aliphatic carbocycles. The monoisotopic (exact) mass is 247 g/mol. The summed E-state index contributed by atoms with van der Waals surface area (Å²) < 4.78 is 0. The Morgan fingerprint density at radius 2 is 1.89 bits per heavy atom. The van der Waals surface area contributed by atoms with E-state index in [2.05, 4.69) is 36.1 Å². The van der Waals surface area contributed by atoms with Crippen LogP contribution in [0.25, 0.3) is 0 Å². The summed E-state index contributed by atoms with van der Waals surface area (Å²) in [4.78, 5) is 6.72. The number of aromatic nitrogens is 1. The van der Waals surface area contributed by atoms with Crippen LogP contribution in [0.15, 0.2) is 18.3 Å². The predicted molar refractivity (Wildman–Crippen MR) is 75.4 cm³/mol. The van der Waals surface area contributed by atoms with Crippen molar-refractivity contribution in [3.63, 3.8) is 0 Å². The van der Waals surface area contributed by atoms with Gasteiger partial charge in [0.15, 0.2) is 0 Å². The smallest absolute Gasteiger partial charge is 0.0497 e. The molecule has 0 aliphatic heterocycles. The van der Waals surface area contributed by atoms with Gasteiger partial charge in [0.25, 0.3) is 0 Å². The minimum absolute atomic E-state index is 0.0564. The Labute approximate surface area is 110 Å². The zero-order valence-corrected chi connectivity index (χ0v) is 11.8. The number of hydrogen-bond acceptors (Lipinski definition) is 3. The normalized spacial score (nSPS) is 20.9. The molecule has 0 radical (unpaired) electrons. The molecular formula is C15H25N3. The molecule has 0 saturated heterocycles. The van der Waals surface area contributed by atoms with Gasteiger partial charge in [-0.15, -0.1) is 0 Å². The molecular weight excluding hydrogens is 222 g/mol. The molecule has 0 bridgehead atoms. The summed E-state index contributed by atoms with van der Waals surface area (Å²) in [5.41, 5.74) is 8.89. The largest absolute Gasteiger partial charge is 0.322 e. The van der Waals surface area contributed by atoms with Crippen LogP contribution in [0, 0.1) is 6.92 Å². The van der Waals surface area contributed by atoms with E-state index in [4.69, 9.17) is 5.73 Å². The van der Waals surface area contributed by atoms with Crippen LogP contribution in [0.2, 0.25) is 0 Å². The molecule has 18 heavy (non-hydrogen) atoms. The fraction of sp³-hybridized carbons (Fsp3) is 0.667. The first-order valence-electron chi connectivity index (χ1n) is 6.92. The van der Waals surface area contributed by atoms with Crippen LogP contribution in [-0.2, 0) is 0 Å². The van der Waals surface area contributed by atoms with Gasteiger partial charge >= 0.3 is 0 Å². The van der Waals surface area contributed by atoms with Gasteiger partial charge in [-0.25, -0.2) is 0 Å². The van der Waals surface area contributed by atoms with Gasteiger partial charge in [0.05, 0.1) is 0 Å². The number of hydrogen-bond donors (Lipinski definition) is 1. The Hall–Kier alpha value is -0.930. The molecule has 1 saturated carbocycles. The number of aryl methyl sites for hydroxylation is 1. The Morgan fingerprint density at radius 3 is 2.39 bits per heavy atom. The summed E-state index contributed by atoms with van der Waals surface area (Å²) in [6.45, 7) is 2.01. The maximum absolute atomic E-state index is 6.57. The van der Waals surface area contributed by atoms with Crippen molar-refractivity contribution in [3.05, 3.63) is 29.6 Å². The zero-order valence-electron chi connectivity index (χ0n) is 11.8. The van der Waals surface area contributed by atoms with Gasteiger partial charge in [0, 0.05) is 23.5 Å². The summed E-state index contributed by atoms with van der Waals surface area (Å²) in [6, 6.07) is 4.25. The van der Waals surface area contributed by atoms with Crippen molar-refractivity contribution in [2.75, 3.05) is 14.1 Å². The van der Waals surface area contributed by atoms with E-state index >= 15 is 0 Å². The standard InChI is InChI=1S/C15H25N3/c1-12-7-8-13(11-17-12)14(16)15(18(2)3)9-5-4-6-10-15/h7-8,11,14H,4-6,9-10,16H2,1-3H3. The highest BCUT2D eigenvalue weighted by Crippen LogP contribution is 2.40. The molecule has 100 valence electrons. The number of nitrogens with two attached hydrogens (primary N) is 1. The third-order valence-electron chi connectivity index (χ3n) is 4.48. The van der Waals surface area contributed by atoms with Gasteiger partial charge < -0.3 is 10.6 Å². The van der Waals surface area contributed by atoms with E-state index < -0.39 is 0 Å². The molecule has 3 nitrogen and oxygen atoms in total. The first-order chi connectivity index (χ1) is 8.56.